The average Bonchev–Trinajstić information content (AvgIpc) is 2.36. The fourth-order valence-electron chi connectivity index (χ4n) is 1.37. The molecule has 1 aromatic carbocycles. The molecule has 0 heterocycles. The third kappa shape index (κ3) is 5.38. The van der Waals surface area contributed by atoms with E-state index in [0.29, 0.717) is 30.3 Å². The van der Waals surface area contributed by atoms with E-state index in [4.69, 9.17) is 16.3 Å². The van der Waals surface area contributed by atoms with Crippen molar-refractivity contribution in [2.24, 2.45) is 0 Å². The molecule has 0 unspecified atom stereocenters. The summed E-state index contributed by atoms with van der Waals surface area (Å²) in [6.45, 7) is 3.86. The molecule has 100 valence electrons. The normalized spacial score (nSPS) is 10.4. The Labute approximate surface area is 121 Å². The van der Waals surface area contributed by atoms with Crippen LogP contribution in [0.25, 0.3) is 0 Å². The molecular formula is C13H17BrClNO2. The van der Waals surface area contributed by atoms with Crippen LogP contribution in [0.2, 0.25) is 5.02 Å². The number of alkyl halides is 1. The summed E-state index contributed by atoms with van der Waals surface area (Å²) in [6, 6.07) is 5.31. The van der Waals surface area contributed by atoms with E-state index in [1.54, 1.807) is 12.1 Å². The summed E-state index contributed by atoms with van der Waals surface area (Å²) in [5, 5.41) is 4.28. The number of halogens is 2. The van der Waals surface area contributed by atoms with E-state index in [0.717, 1.165) is 17.3 Å². The molecule has 0 fully saturated rings. The highest BCUT2D eigenvalue weighted by Gasteiger charge is 2.06. The Kier molecular flexibility index (Phi) is 7.32. The summed E-state index contributed by atoms with van der Waals surface area (Å²) in [7, 11) is 0. The Bertz CT molecular complexity index is 399. The fourth-order valence-corrected chi connectivity index (χ4v) is 1.78. The first-order valence-electron chi connectivity index (χ1n) is 5.83. The Morgan fingerprint density at radius 2 is 2.22 bits per heavy atom. The van der Waals surface area contributed by atoms with Gasteiger partial charge in [0, 0.05) is 29.1 Å². The standard InChI is InChI=1S/C13H17BrClNO2/c1-10-3-4-11(9-12(10)15)13(17)16-6-2-7-18-8-5-14/h3-4,9H,2,5-8H2,1H3,(H,16,17). The summed E-state index contributed by atoms with van der Waals surface area (Å²) >= 11 is 9.25. The number of hydrogen-bond acceptors (Lipinski definition) is 2. The van der Waals surface area contributed by atoms with Gasteiger partial charge in [0.25, 0.3) is 5.91 Å². The van der Waals surface area contributed by atoms with Gasteiger partial charge in [-0.2, -0.15) is 0 Å². The lowest BCUT2D eigenvalue weighted by Crippen LogP contribution is -2.25. The van der Waals surface area contributed by atoms with Gasteiger partial charge in [-0.3, -0.25) is 4.79 Å². The van der Waals surface area contributed by atoms with Gasteiger partial charge in [-0.15, -0.1) is 0 Å². The summed E-state index contributed by atoms with van der Waals surface area (Å²) < 4.78 is 5.29. The van der Waals surface area contributed by atoms with Crippen molar-refractivity contribution < 1.29 is 9.53 Å². The second kappa shape index (κ2) is 8.51. The van der Waals surface area contributed by atoms with Crippen molar-refractivity contribution in [2.75, 3.05) is 25.1 Å². The second-order valence-corrected chi connectivity index (χ2v) is 5.07. The van der Waals surface area contributed by atoms with Gasteiger partial charge in [0.1, 0.15) is 0 Å². The Morgan fingerprint density at radius 1 is 1.44 bits per heavy atom. The van der Waals surface area contributed by atoms with E-state index < -0.39 is 0 Å². The van der Waals surface area contributed by atoms with Gasteiger partial charge in [0.05, 0.1) is 6.61 Å². The van der Waals surface area contributed by atoms with Crippen LogP contribution in [0.4, 0.5) is 0 Å². The van der Waals surface area contributed by atoms with Crippen molar-refractivity contribution in [1.82, 2.24) is 5.32 Å². The Balaban J connectivity index is 2.30. The molecule has 1 amide bonds. The molecule has 0 radical (unpaired) electrons. The van der Waals surface area contributed by atoms with E-state index in [-0.39, 0.29) is 5.91 Å². The molecule has 1 aromatic rings. The maximum atomic E-state index is 11.8. The third-order valence-electron chi connectivity index (χ3n) is 2.41. The third-order valence-corrected chi connectivity index (χ3v) is 3.14. The largest absolute Gasteiger partial charge is 0.381 e. The number of ether oxygens (including phenoxy) is 1. The maximum Gasteiger partial charge on any atom is 0.251 e. The van der Waals surface area contributed by atoms with Crippen LogP contribution in [0.1, 0.15) is 22.3 Å². The molecule has 0 aliphatic carbocycles. The molecule has 5 heteroatoms. The molecule has 0 atom stereocenters. The summed E-state index contributed by atoms with van der Waals surface area (Å²) in [5.41, 5.74) is 1.56. The van der Waals surface area contributed by atoms with Crippen LogP contribution in [0, 0.1) is 6.92 Å². The summed E-state index contributed by atoms with van der Waals surface area (Å²) in [5.74, 6) is -0.0996. The van der Waals surface area contributed by atoms with Gasteiger partial charge in [0.15, 0.2) is 0 Å². The predicted octanol–water partition coefficient (Wildman–Crippen LogP) is 3.18. The molecule has 3 nitrogen and oxygen atoms in total. The minimum absolute atomic E-state index is 0.0996. The minimum atomic E-state index is -0.0996. The van der Waals surface area contributed by atoms with Crippen LogP contribution in [-0.4, -0.2) is 31.0 Å². The van der Waals surface area contributed by atoms with Gasteiger partial charge < -0.3 is 10.1 Å². The number of amides is 1. The van der Waals surface area contributed by atoms with E-state index in [9.17, 15) is 4.79 Å². The molecule has 18 heavy (non-hydrogen) atoms. The first-order valence-corrected chi connectivity index (χ1v) is 7.33. The Hall–Kier alpha value is -0.580. The van der Waals surface area contributed by atoms with E-state index in [1.807, 2.05) is 13.0 Å². The number of rotatable bonds is 7. The quantitative estimate of drug-likeness (QED) is 0.614. The van der Waals surface area contributed by atoms with E-state index in [1.165, 1.54) is 0 Å². The lowest BCUT2D eigenvalue weighted by Gasteiger charge is -2.06. The minimum Gasteiger partial charge on any atom is -0.381 e. The average molecular weight is 335 g/mol. The lowest BCUT2D eigenvalue weighted by molar-refractivity contribution is 0.0944. The van der Waals surface area contributed by atoms with Crippen molar-refractivity contribution in [1.29, 1.82) is 0 Å². The first kappa shape index (κ1) is 15.5. The van der Waals surface area contributed by atoms with Crippen LogP contribution >= 0.6 is 27.5 Å². The molecule has 0 aromatic heterocycles. The fraction of sp³-hybridized carbons (Fsp3) is 0.462. The molecule has 0 aliphatic heterocycles. The van der Waals surface area contributed by atoms with Crippen LogP contribution < -0.4 is 5.32 Å². The van der Waals surface area contributed by atoms with Gasteiger partial charge in [0.2, 0.25) is 0 Å². The number of benzene rings is 1. The zero-order chi connectivity index (χ0) is 13.4. The number of hydrogen-bond donors (Lipinski definition) is 1. The monoisotopic (exact) mass is 333 g/mol. The molecule has 1 rings (SSSR count). The molecule has 1 N–H and O–H groups in total. The van der Waals surface area contributed by atoms with E-state index in [2.05, 4.69) is 21.2 Å². The van der Waals surface area contributed by atoms with Crippen molar-refractivity contribution in [3.63, 3.8) is 0 Å². The lowest BCUT2D eigenvalue weighted by atomic mass is 10.1. The molecule has 0 aliphatic rings. The van der Waals surface area contributed by atoms with Gasteiger partial charge in [-0.25, -0.2) is 0 Å². The highest BCUT2D eigenvalue weighted by Crippen LogP contribution is 2.16. The molecule has 0 saturated heterocycles. The van der Waals surface area contributed by atoms with Crippen molar-refractivity contribution in [2.45, 2.75) is 13.3 Å². The molecule has 0 saturated carbocycles. The number of carbonyl (C=O) groups excluding carboxylic acids is 1. The first-order chi connectivity index (χ1) is 8.65. The van der Waals surface area contributed by atoms with Crippen LogP contribution in [-0.2, 0) is 4.74 Å². The van der Waals surface area contributed by atoms with Gasteiger partial charge in [-0.1, -0.05) is 33.6 Å². The van der Waals surface area contributed by atoms with E-state index >= 15 is 0 Å². The summed E-state index contributed by atoms with van der Waals surface area (Å²) in [4.78, 5) is 11.8. The van der Waals surface area contributed by atoms with Crippen molar-refractivity contribution >= 4 is 33.4 Å². The highest BCUT2D eigenvalue weighted by molar-refractivity contribution is 9.09. The number of carbonyl (C=O) groups is 1. The zero-order valence-electron chi connectivity index (χ0n) is 10.3. The molecular weight excluding hydrogens is 318 g/mol. The highest BCUT2D eigenvalue weighted by atomic mass is 79.9. The predicted molar refractivity (Wildman–Crippen MR) is 77.8 cm³/mol. The Morgan fingerprint density at radius 3 is 2.89 bits per heavy atom. The maximum absolute atomic E-state index is 11.8. The van der Waals surface area contributed by atoms with Gasteiger partial charge in [-0.05, 0) is 31.0 Å². The van der Waals surface area contributed by atoms with Crippen LogP contribution in [0.3, 0.4) is 0 Å². The SMILES string of the molecule is Cc1ccc(C(=O)NCCCOCCBr)cc1Cl. The van der Waals surface area contributed by atoms with Gasteiger partial charge >= 0.3 is 0 Å². The van der Waals surface area contributed by atoms with Crippen LogP contribution in [0.15, 0.2) is 18.2 Å². The topological polar surface area (TPSA) is 38.3 Å². The number of aryl methyl sites for hydroxylation is 1. The summed E-state index contributed by atoms with van der Waals surface area (Å²) in [6.07, 6.45) is 0.804. The second-order valence-electron chi connectivity index (χ2n) is 3.87. The molecule has 0 bridgehead atoms. The number of nitrogens with one attached hydrogen (secondary N) is 1. The zero-order valence-corrected chi connectivity index (χ0v) is 12.7. The molecule has 0 spiro atoms. The smallest absolute Gasteiger partial charge is 0.251 e. The van der Waals surface area contributed by atoms with Crippen molar-refractivity contribution in [3.8, 4) is 0 Å². The van der Waals surface area contributed by atoms with Crippen molar-refractivity contribution in [3.05, 3.63) is 34.3 Å². The van der Waals surface area contributed by atoms with Crippen LogP contribution in [0.5, 0.6) is 0 Å².